The fourth-order valence-electron chi connectivity index (χ4n) is 5.70. The molecular formula is C29H36FN5O4. The van der Waals surface area contributed by atoms with E-state index >= 15 is 4.39 Å². The number of carbonyl (C=O) groups is 3. The number of piperidine rings is 3. The van der Waals surface area contributed by atoms with Crippen LogP contribution in [0, 0.1) is 5.82 Å². The number of amides is 3. The van der Waals surface area contributed by atoms with Gasteiger partial charge in [0.2, 0.25) is 11.8 Å². The van der Waals surface area contributed by atoms with Gasteiger partial charge in [-0.05, 0) is 55.9 Å². The average Bonchev–Trinajstić information content (AvgIpc) is 2.95. The van der Waals surface area contributed by atoms with Crippen LogP contribution in [-0.4, -0.2) is 67.1 Å². The summed E-state index contributed by atoms with van der Waals surface area (Å²) in [6, 6.07) is 14.6. The molecule has 3 N–H and O–H groups in total. The lowest BCUT2D eigenvalue weighted by atomic mass is 9.97. The summed E-state index contributed by atoms with van der Waals surface area (Å²) in [4.78, 5) is 40.1. The van der Waals surface area contributed by atoms with Gasteiger partial charge in [-0.1, -0.05) is 30.3 Å². The SMILES string of the molecule is O=C1CCC(Nc2ccc(N3CCC(N4CCC(NC(=O)OCc5ccccc5)CC4)CC3)c(F)c2)C(=O)N1. The molecule has 1 unspecified atom stereocenters. The number of likely N-dealkylation sites (tertiary alicyclic amines) is 1. The highest BCUT2D eigenvalue weighted by Gasteiger charge is 2.30. The van der Waals surface area contributed by atoms with Crippen molar-refractivity contribution in [3.05, 3.63) is 59.9 Å². The van der Waals surface area contributed by atoms with E-state index in [1.807, 2.05) is 30.3 Å². The van der Waals surface area contributed by atoms with E-state index in [1.54, 1.807) is 12.1 Å². The first-order valence-electron chi connectivity index (χ1n) is 13.8. The number of ether oxygens (including phenoxy) is 1. The first-order chi connectivity index (χ1) is 18.9. The van der Waals surface area contributed by atoms with Crippen LogP contribution >= 0.6 is 0 Å². The van der Waals surface area contributed by atoms with E-state index in [0.717, 1.165) is 57.4 Å². The number of hydrogen-bond donors (Lipinski definition) is 3. The van der Waals surface area contributed by atoms with Gasteiger partial charge in [0.15, 0.2) is 0 Å². The Balaban J connectivity index is 1.04. The Hall–Kier alpha value is -3.66. The van der Waals surface area contributed by atoms with E-state index in [-0.39, 0.29) is 42.8 Å². The molecule has 3 aliphatic rings. The Bertz CT molecular complexity index is 1160. The van der Waals surface area contributed by atoms with Crippen LogP contribution < -0.4 is 20.9 Å². The summed E-state index contributed by atoms with van der Waals surface area (Å²) < 4.78 is 20.4. The molecule has 208 valence electrons. The fraction of sp³-hybridized carbons (Fsp3) is 0.483. The molecule has 0 aliphatic carbocycles. The molecule has 0 radical (unpaired) electrons. The van der Waals surface area contributed by atoms with E-state index in [2.05, 4.69) is 25.8 Å². The van der Waals surface area contributed by atoms with Crippen molar-refractivity contribution in [3.8, 4) is 0 Å². The number of carbonyl (C=O) groups excluding carboxylic acids is 3. The Labute approximate surface area is 228 Å². The molecule has 0 spiro atoms. The van der Waals surface area contributed by atoms with Gasteiger partial charge in [0, 0.05) is 50.4 Å². The first kappa shape index (κ1) is 26.9. The maximum Gasteiger partial charge on any atom is 0.407 e. The number of alkyl carbamates (subject to hydrolysis) is 1. The number of benzene rings is 2. The smallest absolute Gasteiger partial charge is 0.407 e. The highest BCUT2D eigenvalue weighted by atomic mass is 19.1. The number of halogens is 1. The zero-order valence-electron chi connectivity index (χ0n) is 22.0. The number of nitrogens with one attached hydrogen (secondary N) is 3. The maximum atomic E-state index is 15.0. The molecule has 5 rings (SSSR count). The van der Waals surface area contributed by atoms with Crippen molar-refractivity contribution in [3.63, 3.8) is 0 Å². The normalized spacial score (nSPS) is 21.4. The maximum absolute atomic E-state index is 15.0. The first-order valence-corrected chi connectivity index (χ1v) is 13.8. The summed E-state index contributed by atoms with van der Waals surface area (Å²) in [5.41, 5.74) is 2.06. The molecule has 3 fully saturated rings. The standard InChI is InChI=1S/C29H36FN5O4/c30-24-18-22(31-25-7-9-27(36)33-28(25)37)6-8-26(24)35-16-12-23(13-17-35)34-14-10-21(11-15-34)32-29(38)39-19-20-4-2-1-3-5-20/h1-6,8,18,21,23,25,31H,7,9-17,19H2,(H,32,38)(H,33,36,37). The number of imide groups is 1. The van der Waals surface area contributed by atoms with Crippen LogP contribution in [0.3, 0.4) is 0 Å². The average molecular weight is 538 g/mol. The third kappa shape index (κ3) is 7.06. The molecule has 2 aromatic carbocycles. The minimum Gasteiger partial charge on any atom is -0.445 e. The monoisotopic (exact) mass is 537 g/mol. The number of anilines is 2. The van der Waals surface area contributed by atoms with Crippen LogP contribution in [0.2, 0.25) is 0 Å². The highest BCUT2D eigenvalue weighted by molar-refractivity contribution is 6.01. The molecule has 10 heteroatoms. The Kier molecular flexibility index (Phi) is 8.61. The lowest BCUT2D eigenvalue weighted by Gasteiger charge is -2.42. The van der Waals surface area contributed by atoms with Crippen molar-refractivity contribution >= 4 is 29.3 Å². The van der Waals surface area contributed by atoms with Crippen molar-refractivity contribution < 1.29 is 23.5 Å². The third-order valence-electron chi connectivity index (χ3n) is 7.91. The summed E-state index contributed by atoms with van der Waals surface area (Å²) in [7, 11) is 0. The highest BCUT2D eigenvalue weighted by Crippen LogP contribution is 2.29. The lowest BCUT2D eigenvalue weighted by molar-refractivity contribution is -0.133. The molecule has 0 aromatic heterocycles. The molecular weight excluding hydrogens is 501 g/mol. The second-order valence-electron chi connectivity index (χ2n) is 10.5. The van der Waals surface area contributed by atoms with Gasteiger partial charge in [-0.25, -0.2) is 9.18 Å². The molecule has 3 saturated heterocycles. The molecule has 3 aliphatic heterocycles. The number of hydrogen-bond acceptors (Lipinski definition) is 7. The zero-order chi connectivity index (χ0) is 27.2. The molecule has 3 amide bonds. The molecule has 1 atom stereocenters. The van der Waals surface area contributed by atoms with Crippen molar-refractivity contribution in [2.24, 2.45) is 0 Å². The number of rotatable bonds is 7. The Morgan fingerprint density at radius 1 is 0.974 bits per heavy atom. The molecule has 39 heavy (non-hydrogen) atoms. The third-order valence-corrected chi connectivity index (χ3v) is 7.91. The van der Waals surface area contributed by atoms with Crippen LogP contribution in [0.1, 0.15) is 44.1 Å². The van der Waals surface area contributed by atoms with Gasteiger partial charge in [-0.2, -0.15) is 0 Å². The lowest BCUT2D eigenvalue weighted by Crippen LogP contribution is -2.51. The van der Waals surface area contributed by atoms with Gasteiger partial charge < -0.3 is 25.2 Å². The Morgan fingerprint density at radius 3 is 2.41 bits per heavy atom. The van der Waals surface area contributed by atoms with Crippen molar-refractivity contribution in [2.75, 3.05) is 36.4 Å². The molecule has 3 heterocycles. The zero-order valence-corrected chi connectivity index (χ0v) is 22.0. The summed E-state index contributed by atoms with van der Waals surface area (Å²) in [5.74, 6) is -0.972. The summed E-state index contributed by atoms with van der Waals surface area (Å²) in [6.45, 7) is 3.65. The fourth-order valence-corrected chi connectivity index (χ4v) is 5.70. The number of nitrogens with zero attached hydrogens (tertiary/aromatic N) is 2. The van der Waals surface area contributed by atoms with E-state index in [0.29, 0.717) is 23.8 Å². The summed E-state index contributed by atoms with van der Waals surface area (Å²) >= 11 is 0. The topological polar surface area (TPSA) is 103 Å². The second kappa shape index (κ2) is 12.5. The van der Waals surface area contributed by atoms with Gasteiger partial charge in [-0.15, -0.1) is 0 Å². The van der Waals surface area contributed by atoms with Gasteiger partial charge in [0.05, 0.1) is 5.69 Å². The van der Waals surface area contributed by atoms with Crippen LogP contribution in [0.4, 0.5) is 20.6 Å². The van der Waals surface area contributed by atoms with Crippen LogP contribution in [0.25, 0.3) is 0 Å². The molecule has 0 bridgehead atoms. The van der Waals surface area contributed by atoms with Crippen LogP contribution in [0.15, 0.2) is 48.5 Å². The Morgan fingerprint density at radius 2 is 1.72 bits per heavy atom. The predicted octanol–water partition coefficient (Wildman–Crippen LogP) is 3.40. The largest absolute Gasteiger partial charge is 0.445 e. The molecule has 2 aromatic rings. The summed E-state index contributed by atoms with van der Waals surface area (Å²) in [6.07, 6.45) is 3.97. The van der Waals surface area contributed by atoms with Crippen LogP contribution in [0.5, 0.6) is 0 Å². The summed E-state index contributed by atoms with van der Waals surface area (Å²) in [5, 5.41) is 8.35. The van der Waals surface area contributed by atoms with Gasteiger partial charge in [0.1, 0.15) is 18.5 Å². The van der Waals surface area contributed by atoms with E-state index in [1.165, 1.54) is 6.07 Å². The van der Waals surface area contributed by atoms with E-state index < -0.39 is 6.04 Å². The van der Waals surface area contributed by atoms with Gasteiger partial charge in [-0.3, -0.25) is 14.9 Å². The van der Waals surface area contributed by atoms with Crippen molar-refractivity contribution in [1.29, 1.82) is 0 Å². The predicted molar refractivity (Wildman–Crippen MR) is 146 cm³/mol. The quantitative estimate of drug-likeness (QED) is 0.465. The van der Waals surface area contributed by atoms with Gasteiger partial charge in [0.25, 0.3) is 0 Å². The van der Waals surface area contributed by atoms with E-state index in [4.69, 9.17) is 4.74 Å². The van der Waals surface area contributed by atoms with Crippen molar-refractivity contribution in [1.82, 2.24) is 15.5 Å². The minimum atomic E-state index is -0.539. The molecule has 9 nitrogen and oxygen atoms in total. The second-order valence-corrected chi connectivity index (χ2v) is 10.5. The van der Waals surface area contributed by atoms with Gasteiger partial charge >= 0.3 is 6.09 Å². The minimum absolute atomic E-state index is 0.117. The van der Waals surface area contributed by atoms with Crippen LogP contribution in [-0.2, 0) is 20.9 Å². The van der Waals surface area contributed by atoms with E-state index in [9.17, 15) is 14.4 Å². The molecule has 0 saturated carbocycles. The van der Waals surface area contributed by atoms with Crippen molar-refractivity contribution in [2.45, 2.75) is 63.3 Å².